The molecular formula is C47H64N4O6. The molecular weight excluding hydrogens is 717 g/mol. The van der Waals surface area contributed by atoms with Gasteiger partial charge in [0.15, 0.2) is 6.29 Å². The van der Waals surface area contributed by atoms with Gasteiger partial charge >= 0.3 is 0 Å². The fourth-order valence-corrected chi connectivity index (χ4v) is 8.83. The van der Waals surface area contributed by atoms with E-state index in [1.165, 1.54) is 26.2 Å². The lowest BCUT2D eigenvalue weighted by Gasteiger charge is -2.50. The van der Waals surface area contributed by atoms with Crippen molar-refractivity contribution in [3.05, 3.63) is 95.1 Å². The summed E-state index contributed by atoms with van der Waals surface area (Å²) in [6, 6.07) is 24.8. The number of aliphatic hydroxyl groups excluding tert-OH is 1. The highest BCUT2D eigenvalue weighted by Gasteiger charge is 2.44. The number of carbonyl (C=O) groups excluding carboxylic acids is 3. The van der Waals surface area contributed by atoms with Crippen molar-refractivity contribution in [1.29, 1.82) is 0 Å². The lowest BCUT2D eigenvalue weighted by atomic mass is 9.75. The molecule has 0 spiro atoms. The Morgan fingerprint density at radius 3 is 2.30 bits per heavy atom. The first-order chi connectivity index (χ1) is 27.5. The van der Waals surface area contributed by atoms with Crippen LogP contribution in [-0.4, -0.2) is 64.5 Å². The number of rotatable bonds is 15. The molecule has 308 valence electrons. The Kier molecular flexibility index (Phi) is 15.0. The molecule has 3 aliphatic rings. The predicted octanol–water partition coefficient (Wildman–Crippen LogP) is 7.64. The van der Waals surface area contributed by atoms with E-state index in [4.69, 9.17) is 9.47 Å². The third kappa shape index (κ3) is 12.2. The van der Waals surface area contributed by atoms with E-state index in [2.05, 4.69) is 57.2 Å². The average Bonchev–Trinajstić information content (AvgIpc) is 3.20. The fourth-order valence-electron chi connectivity index (χ4n) is 8.83. The average molecular weight is 781 g/mol. The van der Waals surface area contributed by atoms with Crippen molar-refractivity contribution < 1.29 is 29.0 Å². The van der Waals surface area contributed by atoms with E-state index >= 15 is 0 Å². The predicted molar refractivity (Wildman–Crippen MR) is 223 cm³/mol. The zero-order chi connectivity index (χ0) is 40.4. The van der Waals surface area contributed by atoms with Crippen LogP contribution in [0.1, 0.15) is 133 Å². The topological polar surface area (TPSA) is 129 Å². The van der Waals surface area contributed by atoms with Crippen molar-refractivity contribution >= 4 is 17.7 Å². The summed E-state index contributed by atoms with van der Waals surface area (Å²) in [5.41, 5.74) is 5.67. The van der Waals surface area contributed by atoms with Crippen molar-refractivity contribution in [2.24, 2.45) is 5.92 Å². The van der Waals surface area contributed by atoms with Gasteiger partial charge in [-0.05, 0) is 99.1 Å². The Morgan fingerprint density at radius 1 is 0.807 bits per heavy atom. The maximum Gasteiger partial charge on any atom is 0.237 e. The minimum atomic E-state index is -0.596. The summed E-state index contributed by atoms with van der Waals surface area (Å²) in [6.07, 6.45) is 9.44. The maximum atomic E-state index is 13.8. The minimum absolute atomic E-state index is 0.0113. The van der Waals surface area contributed by atoms with Gasteiger partial charge in [-0.15, -0.1) is 0 Å². The summed E-state index contributed by atoms with van der Waals surface area (Å²) < 4.78 is 13.6. The van der Waals surface area contributed by atoms with Gasteiger partial charge in [-0.25, -0.2) is 0 Å². The van der Waals surface area contributed by atoms with Gasteiger partial charge in [0.25, 0.3) is 0 Å². The van der Waals surface area contributed by atoms with Crippen LogP contribution in [0.3, 0.4) is 0 Å². The second kappa shape index (κ2) is 20.1. The van der Waals surface area contributed by atoms with Crippen LogP contribution in [0.15, 0.2) is 72.8 Å². The number of piperidine rings is 1. The van der Waals surface area contributed by atoms with E-state index in [1.54, 1.807) is 0 Å². The molecule has 6 atom stereocenters. The summed E-state index contributed by atoms with van der Waals surface area (Å²) in [4.78, 5) is 39.8. The van der Waals surface area contributed by atoms with E-state index in [9.17, 15) is 19.5 Å². The summed E-state index contributed by atoms with van der Waals surface area (Å²) in [6.45, 7) is 9.41. The lowest BCUT2D eigenvalue weighted by Crippen LogP contribution is -2.61. The molecule has 6 rings (SSSR count). The van der Waals surface area contributed by atoms with Crippen LogP contribution in [0.5, 0.6) is 0 Å². The van der Waals surface area contributed by atoms with Crippen LogP contribution in [0.25, 0.3) is 11.1 Å². The van der Waals surface area contributed by atoms with E-state index in [0.717, 1.165) is 71.9 Å². The number of ether oxygens (including phenoxy) is 2. The molecule has 0 bridgehead atoms. The summed E-state index contributed by atoms with van der Waals surface area (Å²) in [5, 5.41) is 18.8. The number of nitrogens with one attached hydrogen (secondary N) is 3. The number of aliphatic hydroxyl groups is 1. The first kappa shape index (κ1) is 42.5. The molecule has 57 heavy (non-hydrogen) atoms. The Hall–Kier alpha value is -4.09. The zero-order valence-electron chi connectivity index (χ0n) is 34.4. The number of carbonyl (C=O) groups is 3. The highest BCUT2D eigenvalue weighted by Crippen LogP contribution is 2.42. The van der Waals surface area contributed by atoms with Gasteiger partial charge in [0.2, 0.25) is 17.7 Å². The second-order valence-electron chi connectivity index (χ2n) is 17.4. The second-order valence-corrected chi connectivity index (χ2v) is 17.4. The monoisotopic (exact) mass is 780 g/mol. The van der Waals surface area contributed by atoms with Crippen LogP contribution >= 0.6 is 0 Å². The molecule has 3 aromatic rings. The van der Waals surface area contributed by atoms with Crippen LogP contribution in [0.4, 0.5) is 0 Å². The fraction of sp³-hybridized carbons (Fsp3) is 0.553. The van der Waals surface area contributed by atoms with Gasteiger partial charge in [-0.1, -0.05) is 86.0 Å². The van der Waals surface area contributed by atoms with Gasteiger partial charge < -0.3 is 30.5 Å². The summed E-state index contributed by atoms with van der Waals surface area (Å²) in [5.74, 6) is 0.719. The van der Waals surface area contributed by atoms with Gasteiger partial charge in [-0.2, -0.15) is 0 Å². The standard InChI is InChI=1S/C47H64N4O6/c1-32(53)48-26-9-5-6-15-44(54)49-29-34-11-10-13-39(27-34)35-20-22-38(23-21-35)46-56-40(28-43(57-46)37-18-16-33(31-52)17-19-37)30-51-41-14-8-7-12-36(41)24-25-42(51)45(55)50-47(2,3)4/h10-11,13,16-23,27,36,40-43,46,52H,5-9,12,14-15,24-26,28-31H2,1-4H3,(H,48,53)(H,49,54)(H,50,55)/t36-,40+,41-,42-,43-,46-/m1/s1. The molecule has 4 N–H and O–H groups in total. The van der Waals surface area contributed by atoms with Gasteiger partial charge in [0.1, 0.15) is 0 Å². The van der Waals surface area contributed by atoms with E-state index in [-0.39, 0.29) is 48.1 Å². The highest BCUT2D eigenvalue weighted by atomic mass is 16.7. The zero-order valence-corrected chi connectivity index (χ0v) is 34.4. The smallest absolute Gasteiger partial charge is 0.237 e. The van der Waals surface area contributed by atoms with Gasteiger partial charge in [-0.3, -0.25) is 19.3 Å². The Balaban J connectivity index is 1.15. The van der Waals surface area contributed by atoms with E-state index in [0.29, 0.717) is 44.4 Å². The Morgan fingerprint density at radius 2 is 1.56 bits per heavy atom. The molecule has 3 fully saturated rings. The van der Waals surface area contributed by atoms with Crippen molar-refractivity contribution in [2.45, 2.75) is 148 Å². The molecule has 3 amide bonds. The SMILES string of the molecule is CC(=O)NCCCCCC(=O)NCc1cccc(-c2ccc([C@@H]3O[C@H](CN4[C@@H](C(=O)NC(C)(C)C)CC[C@H]5CCCC[C@H]54)C[C@H](c4ccc(CO)cc4)O3)cc2)c1. The van der Waals surface area contributed by atoms with Crippen LogP contribution < -0.4 is 16.0 Å². The molecule has 3 aromatic carbocycles. The van der Waals surface area contributed by atoms with Crippen molar-refractivity contribution in [3.8, 4) is 11.1 Å². The van der Waals surface area contributed by atoms with Gasteiger partial charge in [0.05, 0.1) is 24.9 Å². The number of amides is 3. The van der Waals surface area contributed by atoms with E-state index in [1.807, 2.05) is 57.2 Å². The summed E-state index contributed by atoms with van der Waals surface area (Å²) >= 11 is 0. The number of nitrogens with zero attached hydrogens (tertiary/aromatic N) is 1. The number of likely N-dealkylation sites (tertiary alicyclic amines) is 1. The third-order valence-electron chi connectivity index (χ3n) is 11.7. The van der Waals surface area contributed by atoms with Crippen molar-refractivity contribution in [2.75, 3.05) is 13.1 Å². The molecule has 0 unspecified atom stereocenters. The molecule has 1 saturated carbocycles. The number of unbranched alkanes of at least 4 members (excludes halogenated alkanes) is 2. The molecule has 0 aromatic heterocycles. The third-order valence-corrected chi connectivity index (χ3v) is 11.7. The molecule has 2 heterocycles. The molecule has 10 heteroatoms. The molecule has 2 aliphatic heterocycles. The first-order valence-electron chi connectivity index (χ1n) is 21.2. The molecule has 1 aliphatic carbocycles. The quantitative estimate of drug-likeness (QED) is 0.117. The minimum Gasteiger partial charge on any atom is -0.392 e. The van der Waals surface area contributed by atoms with Gasteiger partial charge in [0, 0.05) is 56.5 Å². The molecule has 2 saturated heterocycles. The summed E-state index contributed by atoms with van der Waals surface area (Å²) in [7, 11) is 0. The number of hydrogen-bond acceptors (Lipinski definition) is 7. The molecule has 10 nitrogen and oxygen atoms in total. The maximum absolute atomic E-state index is 13.8. The Labute approximate surface area is 339 Å². The van der Waals surface area contributed by atoms with Crippen LogP contribution in [-0.2, 0) is 37.0 Å². The number of fused-ring (bicyclic) bond motifs is 1. The lowest BCUT2D eigenvalue weighted by molar-refractivity contribution is -0.255. The largest absolute Gasteiger partial charge is 0.392 e. The van der Waals surface area contributed by atoms with E-state index < -0.39 is 6.29 Å². The van der Waals surface area contributed by atoms with Crippen LogP contribution in [0, 0.1) is 5.92 Å². The first-order valence-corrected chi connectivity index (χ1v) is 21.2. The Bertz CT molecular complexity index is 1770. The number of benzene rings is 3. The molecule has 0 radical (unpaired) electrons. The highest BCUT2D eigenvalue weighted by molar-refractivity contribution is 5.82. The van der Waals surface area contributed by atoms with Crippen molar-refractivity contribution in [1.82, 2.24) is 20.9 Å². The number of hydrogen-bond donors (Lipinski definition) is 4. The van der Waals surface area contributed by atoms with Crippen molar-refractivity contribution in [3.63, 3.8) is 0 Å². The van der Waals surface area contributed by atoms with Crippen LogP contribution in [0.2, 0.25) is 0 Å². The normalized spacial score (nSPS) is 23.9.